The van der Waals surface area contributed by atoms with Crippen LogP contribution in [0.3, 0.4) is 0 Å². The smallest absolute Gasteiger partial charge is 0.273 e. The van der Waals surface area contributed by atoms with Gasteiger partial charge in [0.1, 0.15) is 6.26 Å². The van der Waals surface area contributed by atoms with Crippen LogP contribution >= 0.6 is 0 Å². The van der Waals surface area contributed by atoms with Gasteiger partial charge in [0.05, 0.1) is 6.04 Å². The molecule has 1 saturated carbocycles. The number of rotatable bonds is 5. The fraction of sp³-hybridized carbons (Fsp3) is 0.615. The Morgan fingerprint density at radius 2 is 2.06 bits per heavy atom. The molecule has 4 atom stereocenters. The first-order valence-corrected chi connectivity index (χ1v) is 11.8. The highest BCUT2D eigenvalue weighted by molar-refractivity contribution is 5.91. The van der Waals surface area contributed by atoms with Crippen LogP contribution in [0.5, 0.6) is 0 Å². The number of carbonyl (C=O) groups excluding carboxylic acids is 1. The molecule has 5 nitrogen and oxygen atoms in total. The minimum Gasteiger partial charge on any atom is -0.446 e. The predicted molar refractivity (Wildman–Crippen MR) is 123 cm³/mol. The number of carbonyl (C=O) groups is 1. The van der Waals surface area contributed by atoms with E-state index in [1.807, 2.05) is 0 Å². The summed E-state index contributed by atoms with van der Waals surface area (Å²) in [5, 5.41) is 3.16. The Balaban J connectivity index is 1.53. The van der Waals surface area contributed by atoms with Gasteiger partial charge in [0.15, 0.2) is 5.69 Å². The topological polar surface area (TPSA) is 81.2 Å². The molecule has 0 aliphatic heterocycles. The fourth-order valence-corrected chi connectivity index (χ4v) is 6.19. The van der Waals surface area contributed by atoms with E-state index in [-0.39, 0.29) is 22.8 Å². The number of nitrogens with one attached hydrogen (secondary N) is 1. The molecule has 0 bridgehead atoms. The molecule has 4 rings (SSSR count). The lowest BCUT2D eigenvalue weighted by Gasteiger charge is -2.55. The molecule has 1 heterocycles. The molecule has 0 saturated heterocycles. The lowest BCUT2D eigenvalue weighted by molar-refractivity contribution is 0.0254. The van der Waals surface area contributed by atoms with Crippen LogP contribution in [-0.2, 0) is 11.8 Å². The normalized spacial score (nSPS) is 28.7. The van der Waals surface area contributed by atoms with Gasteiger partial charge in [-0.3, -0.25) is 4.79 Å². The molecule has 2 aliphatic carbocycles. The van der Waals surface area contributed by atoms with Gasteiger partial charge in [0.2, 0.25) is 5.89 Å². The maximum absolute atomic E-state index is 12.7. The number of hydrogen-bond acceptors (Lipinski definition) is 4. The Labute approximate surface area is 186 Å². The van der Waals surface area contributed by atoms with Crippen molar-refractivity contribution in [2.75, 3.05) is 6.54 Å². The highest BCUT2D eigenvalue weighted by Gasteiger charge is 2.51. The number of oxazole rings is 1. The van der Waals surface area contributed by atoms with E-state index in [4.69, 9.17) is 10.2 Å². The first-order valence-electron chi connectivity index (χ1n) is 11.8. The second kappa shape index (κ2) is 8.09. The van der Waals surface area contributed by atoms with Crippen LogP contribution in [0.15, 0.2) is 28.9 Å². The van der Waals surface area contributed by atoms with Gasteiger partial charge in [-0.25, -0.2) is 4.98 Å². The molecule has 5 heteroatoms. The van der Waals surface area contributed by atoms with Gasteiger partial charge in [-0.05, 0) is 72.0 Å². The van der Waals surface area contributed by atoms with E-state index in [0.29, 0.717) is 30.0 Å². The van der Waals surface area contributed by atoms with Gasteiger partial charge in [0.25, 0.3) is 5.91 Å². The zero-order valence-electron chi connectivity index (χ0n) is 19.6. The summed E-state index contributed by atoms with van der Waals surface area (Å²) in [6.45, 7) is 11.8. The lowest BCUT2D eigenvalue weighted by atomic mass is 9.49. The highest BCUT2D eigenvalue weighted by Crippen LogP contribution is 2.57. The molecule has 31 heavy (non-hydrogen) atoms. The first-order chi connectivity index (χ1) is 14.6. The average molecular weight is 424 g/mol. The Morgan fingerprint density at radius 1 is 1.29 bits per heavy atom. The maximum atomic E-state index is 12.7. The van der Waals surface area contributed by atoms with E-state index in [1.54, 1.807) is 6.92 Å². The van der Waals surface area contributed by atoms with Crippen molar-refractivity contribution in [3.8, 4) is 0 Å². The zero-order valence-corrected chi connectivity index (χ0v) is 19.6. The van der Waals surface area contributed by atoms with Crippen LogP contribution in [0.1, 0.15) is 105 Å². The van der Waals surface area contributed by atoms with Crippen LogP contribution < -0.4 is 11.1 Å². The zero-order chi connectivity index (χ0) is 22.4. The Kier molecular flexibility index (Phi) is 5.76. The van der Waals surface area contributed by atoms with E-state index < -0.39 is 0 Å². The number of aromatic nitrogens is 1. The van der Waals surface area contributed by atoms with Crippen molar-refractivity contribution >= 4 is 5.91 Å². The number of hydrogen-bond donors (Lipinski definition) is 2. The summed E-state index contributed by atoms with van der Waals surface area (Å²) >= 11 is 0. The van der Waals surface area contributed by atoms with Gasteiger partial charge in [-0.15, -0.1) is 0 Å². The Hall–Kier alpha value is -2.14. The summed E-state index contributed by atoms with van der Waals surface area (Å²) in [5.41, 5.74) is 10.8. The van der Waals surface area contributed by atoms with E-state index in [9.17, 15) is 4.79 Å². The molecule has 1 amide bonds. The molecule has 3 N–H and O–H groups in total. The molecule has 2 aliphatic rings. The highest BCUT2D eigenvalue weighted by atomic mass is 16.3. The van der Waals surface area contributed by atoms with Crippen LogP contribution in [0.25, 0.3) is 0 Å². The van der Waals surface area contributed by atoms with Gasteiger partial charge < -0.3 is 15.5 Å². The first kappa shape index (κ1) is 22.1. The summed E-state index contributed by atoms with van der Waals surface area (Å²) < 4.78 is 5.33. The number of nitrogens with zero attached hydrogens (tertiary/aromatic N) is 1. The summed E-state index contributed by atoms with van der Waals surface area (Å²) in [6, 6.07) is 6.84. The van der Waals surface area contributed by atoms with Crippen molar-refractivity contribution in [3.63, 3.8) is 0 Å². The van der Waals surface area contributed by atoms with E-state index in [2.05, 4.69) is 56.2 Å². The van der Waals surface area contributed by atoms with Crippen LogP contribution in [-0.4, -0.2) is 17.4 Å². The molecule has 1 aromatic carbocycles. The van der Waals surface area contributed by atoms with Gasteiger partial charge in [-0.2, -0.15) is 0 Å². The van der Waals surface area contributed by atoms with Crippen LogP contribution in [0.2, 0.25) is 0 Å². The fourth-order valence-electron chi connectivity index (χ4n) is 6.19. The number of benzene rings is 1. The van der Waals surface area contributed by atoms with Crippen molar-refractivity contribution in [1.29, 1.82) is 0 Å². The van der Waals surface area contributed by atoms with Crippen molar-refractivity contribution in [1.82, 2.24) is 10.3 Å². The number of fused-ring (bicyclic) bond motifs is 3. The standard InChI is InChI=1S/C26H37N3O2/c1-16(2)18-7-9-20-19(13-18)8-10-22-25(4,11-6-12-26(20,22)5)15-28-23(30)21-14-31-24(29-21)17(3)27/h7,9,13-14,16-17,22H,6,8,10-12,15,27H2,1-5H3,(H,28,30). The third kappa shape index (κ3) is 3.93. The van der Waals surface area contributed by atoms with Gasteiger partial charge in [-0.1, -0.05) is 52.3 Å². The van der Waals surface area contributed by atoms with Crippen molar-refractivity contribution in [2.45, 2.75) is 84.1 Å². The van der Waals surface area contributed by atoms with Gasteiger partial charge >= 0.3 is 0 Å². The second-order valence-corrected chi connectivity index (χ2v) is 10.6. The predicted octanol–water partition coefficient (Wildman–Crippen LogP) is 5.26. The molecular weight excluding hydrogens is 386 g/mol. The summed E-state index contributed by atoms with van der Waals surface area (Å²) in [4.78, 5) is 17.0. The van der Waals surface area contributed by atoms with E-state index in [0.717, 1.165) is 12.8 Å². The third-order valence-corrected chi connectivity index (χ3v) is 7.96. The van der Waals surface area contributed by atoms with Crippen molar-refractivity contribution < 1.29 is 9.21 Å². The summed E-state index contributed by atoms with van der Waals surface area (Å²) in [6.07, 6.45) is 7.25. The van der Waals surface area contributed by atoms with E-state index in [1.165, 1.54) is 42.2 Å². The van der Waals surface area contributed by atoms with Gasteiger partial charge in [0, 0.05) is 6.54 Å². The van der Waals surface area contributed by atoms with Crippen LogP contribution in [0.4, 0.5) is 0 Å². The third-order valence-electron chi connectivity index (χ3n) is 7.96. The van der Waals surface area contributed by atoms with Crippen LogP contribution in [0, 0.1) is 11.3 Å². The van der Waals surface area contributed by atoms with Crippen molar-refractivity contribution in [2.24, 2.45) is 17.1 Å². The lowest BCUT2D eigenvalue weighted by Crippen LogP contribution is -2.53. The Morgan fingerprint density at radius 3 is 2.74 bits per heavy atom. The molecule has 0 radical (unpaired) electrons. The molecule has 1 aromatic heterocycles. The minimum atomic E-state index is -0.323. The largest absolute Gasteiger partial charge is 0.446 e. The number of amides is 1. The minimum absolute atomic E-state index is 0.0603. The molecule has 168 valence electrons. The molecule has 4 unspecified atom stereocenters. The SMILES string of the molecule is CC(C)c1ccc2c(c1)CCC1C(C)(CNC(=O)c3coc(C(C)N)n3)CCCC21C. The molecule has 2 aromatic rings. The number of nitrogens with two attached hydrogens (primary N) is 1. The van der Waals surface area contributed by atoms with E-state index >= 15 is 0 Å². The second-order valence-electron chi connectivity index (χ2n) is 10.6. The quantitative estimate of drug-likeness (QED) is 0.687. The average Bonchev–Trinajstić information content (AvgIpc) is 3.22. The summed E-state index contributed by atoms with van der Waals surface area (Å²) in [5.74, 6) is 1.32. The number of aryl methyl sites for hydroxylation is 1. The molecular formula is C26H37N3O2. The Bertz CT molecular complexity index is 963. The van der Waals surface area contributed by atoms with Crippen molar-refractivity contribution in [3.05, 3.63) is 52.7 Å². The monoisotopic (exact) mass is 423 g/mol. The summed E-state index contributed by atoms with van der Waals surface area (Å²) in [7, 11) is 0. The molecule has 0 spiro atoms. The maximum Gasteiger partial charge on any atom is 0.273 e. The molecule has 1 fully saturated rings.